The molecule has 0 fully saturated rings. The zero-order valence-corrected chi connectivity index (χ0v) is 21.2. The van der Waals surface area contributed by atoms with Crippen LogP contribution in [0.15, 0.2) is 65.6 Å². The minimum absolute atomic E-state index is 0.141. The number of amides is 1. The third kappa shape index (κ3) is 6.17. The van der Waals surface area contributed by atoms with Crippen LogP contribution >= 0.6 is 0 Å². The number of nitrogens with zero attached hydrogens (tertiary/aromatic N) is 1. The second-order valence-corrected chi connectivity index (χ2v) is 10.4. The van der Waals surface area contributed by atoms with E-state index in [1.54, 1.807) is 36.4 Å². The predicted molar refractivity (Wildman–Crippen MR) is 136 cm³/mol. The van der Waals surface area contributed by atoms with Crippen LogP contribution in [0.5, 0.6) is 5.75 Å². The van der Waals surface area contributed by atoms with E-state index in [-0.39, 0.29) is 24.6 Å². The van der Waals surface area contributed by atoms with Crippen molar-refractivity contribution in [1.82, 2.24) is 5.32 Å². The Bertz CT molecular complexity index is 1270. The average Bonchev–Trinajstić information content (AvgIpc) is 2.79. The lowest BCUT2D eigenvalue weighted by Gasteiger charge is -2.25. The van der Waals surface area contributed by atoms with E-state index in [2.05, 4.69) is 5.32 Å². The highest BCUT2D eigenvalue weighted by Crippen LogP contribution is 2.26. The Hall–Kier alpha value is -3.32. The Morgan fingerprint density at radius 2 is 1.47 bits per heavy atom. The Labute approximate surface area is 202 Å². The largest absolute Gasteiger partial charge is 0.491 e. The van der Waals surface area contributed by atoms with E-state index in [9.17, 15) is 13.2 Å². The summed E-state index contributed by atoms with van der Waals surface area (Å²) in [6.45, 7) is 9.94. The molecule has 0 aliphatic heterocycles. The number of carbonyl (C=O) groups excluding carboxylic acids is 1. The molecule has 3 aromatic rings. The number of anilines is 1. The zero-order valence-electron chi connectivity index (χ0n) is 20.4. The van der Waals surface area contributed by atoms with Crippen LogP contribution in [0.2, 0.25) is 0 Å². The number of carbonyl (C=O) groups is 1. The third-order valence-electron chi connectivity index (χ3n) is 5.70. The van der Waals surface area contributed by atoms with Gasteiger partial charge in [0.15, 0.2) is 0 Å². The van der Waals surface area contributed by atoms with Gasteiger partial charge in [0.25, 0.3) is 10.0 Å². The van der Waals surface area contributed by atoms with Crippen molar-refractivity contribution >= 4 is 21.6 Å². The smallest absolute Gasteiger partial charge is 0.264 e. The van der Waals surface area contributed by atoms with Gasteiger partial charge in [0.1, 0.15) is 18.9 Å². The highest BCUT2D eigenvalue weighted by Gasteiger charge is 2.27. The Kier molecular flexibility index (Phi) is 7.99. The molecule has 0 aromatic heterocycles. The molecule has 34 heavy (non-hydrogen) atoms. The van der Waals surface area contributed by atoms with Crippen molar-refractivity contribution in [2.24, 2.45) is 0 Å². The number of hydrogen-bond donors (Lipinski definition) is 1. The van der Waals surface area contributed by atoms with Crippen molar-refractivity contribution in [3.05, 3.63) is 88.5 Å². The normalized spacial score (nSPS) is 11.2. The minimum atomic E-state index is -3.94. The molecule has 0 saturated heterocycles. The predicted octanol–water partition coefficient (Wildman–Crippen LogP) is 4.62. The van der Waals surface area contributed by atoms with E-state index in [1.807, 2.05) is 58.9 Å². The summed E-state index contributed by atoms with van der Waals surface area (Å²) < 4.78 is 33.9. The summed E-state index contributed by atoms with van der Waals surface area (Å²) in [7, 11) is -3.94. The Morgan fingerprint density at radius 1 is 0.824 bits per heavy atom. The fraction of sp³-hybridized carbons (Fsp3) is 0.296. The maximum absolute atomic E-state index is 13.5. The van der Waals surface area contributed by atoms with Gasteiger partial charge in [-0.25, -0.2) is 8.42 Å². The van der Waals surface area contributed by atoms with Gasteiger partial charge in [-0.1, -0.05) is 35.9 Å². The summed E-state index contributed by atoms with van der Waals surface area (Å²) in [5.41, 5.74) is 5.51. The first-order valence-corrected chi connectivity index (χ1v) is 12.7. The summed E-state index contributed by atoms with van der Waals surface area (Å²) in [5.74, 6) is 0.367. The fourth-order valence-electron chi connectivity index (χ4n) is 3.43. The van der Waals surface area contributed by atoms with Crippen molar-refractivity contribution in [2.45, 2.75) is 39.5 Å². The molecule has 0 spiro atoms. The van der Waals surface area contributed by atoms with E-state index in [0.29, 0.717) is 5.69 Å². The van der Waals surface area contributed by atoms with Gasteiger partial charge in [-0.2, -0.15) is 0 Å². The van der Waals surface area contributed by atoms with E-state index in [1.165, 1.54) is 0 Å². The van der Waals surface area contributed by atoms with Gasteiger partial charge in [-0.3, -0.25) is 9.10 Å². The zero-order chi connectivity index (χ0) is 24.9. The van der Waals surface area contributed by atoms with Crippen molar-refractivity contribution in [3.63, 3.8) is 0 Å². The summed E-state index contributed by atoms with van der Waals surface area (Å²) >= 11 is 0. The molecular weight excluding hydrogens is 448 g/mol. The molecular formula is C27H32N2O4S. The molecule has 180 valence electrons. The van der Waals surface area contributed by atoms with Gasteiger partial charge in [-0.05, 0) is 87.2 Å². The fourth-order valence-corrected chi connectivity index (χ4v) is 4.85. The van der Waals surface area contributed by atoms with Crippen LogP contribution in [0.4, 0.5) is 5.69 Å². The molecule has 0 heterocycles. The van der Waals surface area contributed by atoms with Crippen LogP contribution in [-0.2, 0) is 14.8 Å². The molecule has 3 rings (SSSR count). The SMILES string of the molecule is Cc1ccc(S(=O)(=O)N(CC(=O)NCCOc2cc(C)ccc2C)c2ccc(C)c(C)c2)cc1. The highest BCUT2D eigenvalue weighted by molar-refractivity contribution is 7.92. The molecule has 0 bridgehead atoms. The first-order chi connectivity index (χ1) is 16.1. The lowest BCUT2D eigenvalue weighted by atomic mass is 10.1. The molecule has 0 aliphatic carbocycles. The molecule has 7 heteroatoms. The van der Waals surface area contributed by atoms with Gasteiger partial charge in [-0.15, -0.1) is 0 Å². The topological polar surface area (TPSA) is 75.7 Å². The van der Waals surface area contributed by atoms with E-state index in [4.69, 9.17) is 4.74 Å². The molecule has 0 unspecified atom stereocenters. The quantitative estimate of drug-likeness (QED) is 0.454. The van der Waals surface area contributed by atoms with Crippen LogP contribution in [0.1, 0.15) is 27.8 Å². The Balaban J connectivity index is 1.74. The molecule has 0 radical (unpaired) electrons. The lowest BCUT2D eigenvalue weighted by molar-refractivity contribution is -0.119. The summed E-state index contributed by atoms with van der Waals surface area (Å²) in [5, 5.41) is 2.78. The molecule has 1 N–H and O–H groups in total. The average molecular weight is 481 g/mol. The van der Waals surface area contributed by atoms with Gasteiger partial charge in [0.05, 0.1) is 17.1 Å². The Morgan fingerprint density at radius 3 is 2.15 bits per heavy atom. The monoisotopic (exact) mass is 480 g/mol. The molecule has 0 aliphatic rings. The van der Waals surface area contributed by atoms with E-state index < -0.39 is 15.9 Å². The molecule has 3 aromatic carbocycles. The maximum atomic E-state index is 13.5. The van der Waals surface area contributed by atoms with Crippen LogP contribution < -0.4 is 14.4 Å². The summed E-state index contributed by atoms with van der Waals surface area (Å²) in [4.78, 5) is 12.9. The summed E-state index contributed by atoms with van der Waals surface area (Å²) in [6.07, 6.45) is 0. The highest BCUT2D eigenvalue weighted by atomic mass is 32.2. The number of nitrogens with one attached hydrogen (secondary N) is 1. The van der Waals surface area contributed by atoms with Crippen LogP contribution in [0.3, 0.4) is 0 Å². The van der Waals surface area contributed by atoms with E-state index >= 15 is 0 Å². The molecule has 6 nitrogen and oxygen atoms in total. The number of benzene rings is 3. The van der Waals surface area contributed by atoms with Crippen LogP contribution in [0.25, 0.3) is 0 Å². The van der Waals surface area contributed by atoms with Crippen molar-refractivity contribution < 1.29 is 17.9 Å². The number of rotatable bonds is 9. The minimum Gasteiger partial charge on any atom is -0.491 e. The number of sulfonamides is 1. The molecule has 0 atom stereocenters. The lowest BCUT2D eigenvalue weighted by Crippen LogP contribution is -2.42. The number of hydrogen-bond acceptors (Lipinski definition) is 4. The number of aryl methyl sites for hydroxylation is 5. The number of ether oxygens (including phenoxy) is 1. The van der Waals surface area contributed by atoms with Crippen LogP contribution in [0, 0.1) is 34.6 Å². The van der Waals surface area contributed by atoms with Crippen LogP contribution in [-0.4, -0.2) is 34.0 Å². The van der Waals surface area contributed by atoms with Gasteiger partial charge in [0.2, 0.25) is 5.91 Å². The first kappa shape index (κ1) is 25.3. The van der Waals surface area contributed by atoms with E-state index in [0.717, 1.165) is 37.9 Å². The second-order valence-electron chi connectivity index (χ2n) is 8.56. The maximum Gasteiger partial charge on any atom is 0.264 e. The molecule has 0 saturated carbocycles. The van der Waals surface area contributed by atoms with Crippen molar-refractivity contribution in [2.75, 3.05) is 24.0 Å². The first-order valence-electron chi connectivity index (χ1n) is 11.2. The molecule has 1 amide bonds. The van der Waals surface area contributed by atoms with Crippen molar-refractivity contribution in [3.8, 4) is 5.75 Å². The second kappa shape index (κ2) is 10.7. The van der Waals surface area contributed by atoms with Gasteiger partial charge < -0.3 is 10.1 Å². The summed E-state index contributed by atoms with van der Waals surface area (Å²) in [6, 6.07) is 17.9. The van der Waals surface area contributed by atoms with Gasteiger partial charge >= 0.3 is 0 Å². The van der Waals surface area contributed by atoms with Crippen molar-refractivity contribution in [1.29, 1.82) is 0 Å². The third-order valence-corrected chi connectivity index (χ3v) is 7.49. The standard InChI is InChI=1S/C27H32N2O4S/c1-19-7-12-25(13-8-19)34(31,32)29(24-11-10-21(3)23(5)17-24)18-27(30)28-14-15-33-26-16-20(2)6-9-22(26)4/h6-13,16-17H,14-15,18H2,1-5H3,(H,28,30). The van der Waals surface area contributed by atoms with Gasteiger partial charge in [0, 0.05) is 0 Å².